The summed E-state index contributed by atoms with van der Waals surface area (Å²) in [4.78, 5) is 51.3. The summed E-state index contributed by atoms with van der Waals surface area (Å²) < 4.78 is 0. The first kappa shape index (κ1) is 15.7. The molecule has 2 aliphatic rings. The van der Waals surface area contributed by atoms with Gasteiger partial charge in [-0.25, -0.2) is 9.97 Å². The van der Waals surface area contributed by atoms with Crippen LogP contribution in [-0.2, 0) is 11.8 Å². The van der Waals surface area contributed by atoms with Crippen molar-refractivity contribution in [1.82, 2.24) is 24.8 Å². The van der Waals surface area contributed by atoms with E-state index >= 15 is 0 Å². The maximum absolute atomic E-state index is 12.5. The van der Waals surface area contributed by atoms with Crippen LogP contribution in [0.2, 0.25) is 0 Å². The van der Waals surface area contributed by atoms with Gasteiger partial charge in [0.2, 0.25) is 0 Å². The van der Waals surface area contributed by atoms with Gasteiger partial charge in [0.05, 0.1) is 11.9 Å². The lowest BCUT2D eigenvalue weighted by Crippen LogP contribution is -2.45. The highest BCUT2D eigenvalue weighted by atomic mass is 16.2. The number of aromatic amines is 2. The number of carbonyl (C=O) groups is 1. The lowest BCUT2D eigenvalue weighted by atomic mass is 9.76. The number of carbonyl (C=O) groups excluding carboxylic acids is 1. The first-order valence-electron chi connectivity index (χ1n) is 8.43. The van der Waals surface area contributed by atoms with Gasteiger partial charge in [-0.2, -0.15) is 0 Å². The Labute approximate surface area is 143 Å². The zero-order chi connectivity index (χ0) is 17.6. The van der Waals surface area contributed by atoms with Gasteiger partial charge in [0, 0.05) is 30.3 Å². The van der Waals surface area contributed by atoms with Gasteiger partial charge in [-0.1, -0.05) is 0 Å². The number of amides is 1. The lowest BCUT2D eigenvalue weighted by Gasteiger charge is -2.39. The van der Waals surface area contributed by atoms with Crippen LogP contribution in [0.1, 0.15) is 46.8 Å². The van der Waals surface area contributed by atoms with Crippen molar-refractivity contribution in [3.05, 3.63) is 55.9 Å². The van der Waals surface area contributed by atoms with E-state index in [9.17, 15) is 14.4 Å². The number of hydrogen-bond donors (Lipinski definition) is 2. The molecule has 1 amide bonds. The SMILES string of the molecule is Cc1nc2c(c(=O)[nH]1)CCC21CCN(C(=O)c2c[nH]c(=O)cn2)CC1. The molecule has 2 aromatic rings. The van der Waals surface area contributed by atoms with Gasteiger partial charge in [0.25, 0.3) is 17.0 Å². The third-order valence-electron chi connectivity index (χ3n) is 5.39. The van der Waals surface area contributed by atoms with E-state index in [0.717, 1.165) is 43.1 Å². The number of nitrogens with one attached hydrogen (secondary N) is 2. The van der Waals surface area contributed by atoms with Crippen molar-refractivity contribution in [2.75, 3.05) is 13.1 Å². The molecule has 2 N–H and O–H groups in total. The van der Waals surface area contributed by atoms with Crippen LogP contribution in [0.3, 0.4) is 0 Å². The Kier molecular flexibility index (Phi) is 3.55. The zero-order valence-corrected chi connectivity index (χ0v) is 14.0. The van der Waals surface area contributed by atoms with Crippen molar-refractivity contribution in [2.24, 2.45) is 0 Å². The smallest absolute Gasteiger partial charge is 0.273 e. The van der Waals surface area contributed by atoms with Crippen molar-refractivity contribution < 1.29 is 4.79 Å². The van der Waals surface area contributed by atoms with Crippen LogP contribution in [0.25, 0.3) is 0 Å². The van der Waals surface area contributed by atoms with Gasteiger partial charge < -0.3 is 14.9 Å². The summed E-state index contributed by atoms with van der Waals surface area (Å²) >= 11 is 0. The topological polar surface area (TPSA) is 112 Å². The average molecular weight is 341 g/mol. The molecule has 25 heavy (non-hydrogen) atoms. The molecule has 0 atom stereocenters. The molecule has 0 aromatic carbocycles. The minimum absolute atomic E-state index is 0.0321. The number of aromatic nitrogens is 4. The minimum atomic E-state index is -0.330. The highest BCUT2D eigenvalue weighted by molar-refractivity contribution is 5.92. The fourth-order valence-corrected chi connectivity index (χ4v) is 4.01. The molecule has 3 heterocycles. The predicted molar refractivity (Wildman–Crippen MR) is 89.6 cm³/mol. The summed E-state index contributed by atoms with van der Waals surface area (Å²) in [6.07, 6.45) is 5.68. The quantitative estimate of drug-likeness (QED) is 0.774. The molecule has 1 fully saturated rings. The minimum Gasteiger partial charge on any atom is -0.337 e. The van der Waals surface area contributed by atoms with E-state index < -0.39 is 0 Å². The Bertz CT molecular complexity index is 933. The highest BCUT2D eigenvalue weighted by Gasteiger charge is 2.44. The van der Waals surface area contributed by atoms with Crippen molar-refractivity contribution in [1.29, 1.82) is 0 Å². The third-order valence-corrected chi connectivity index (χ3v) is 5.39. The van der Waals surface area contributed by atoms with E-state index in [4.69, 9.17) is 0 Å². The van der Waals surface area contributed by atoms with Gasteiger partial charge in [-0.05, 0) is 32.6 Å². The molecule has 1 saturated heterocycles. The summed E-state index contributed by atoms with van der Waals surface area (Å²) in [5.74, 6) is 0.459. The standard InChI is InChI=1S/C17H19N5O3/c1-10-20-14-11(15(24)21-10)2-3-17(14)4-6-22(7-5-17)16(25)12-8-19-13(23)9-18-12/h8-9H,2-7H2,1H3,(H,19,23)(H,20,21,24). The predicted octanol–water partition coefficient (Wildman–Crippen LogP) is 0.282. The molecule has 1 spiro atoms. The Morgan fingerprint density at radius 1 is 1.24 bits per heavy atom. The van der Waals surface area contributed by atoms with Crippen LogP contribution >= 0.6 is 0 Å². The number of fused-ring (bicyclic) bond motifs is 2. The molecule has 1 aliphatic carbocycles. The van der Waals surface area contributed by atoms with Crippen LogP contribution in [-0.4, -0.2) is 43.8 Å². The van der Waals surface area contributed by atoms with Crippen molar-refractivity contribution in [3.63, 3.8) is 0 Å². The normalized spacial score (nSPS) is 18.4. The van der Waals surface area contributed by atoms with Crippen LogP contribution < -0.4 is 11.1 Å². The summed E-state index contributed by atoms with van der Waals surface area (Å²) in [7, 11) is 0. The monoisotopic (exact) mass is 341 g/mol. The molecule has 0 unspecified atom stereocenters. The highest BCUT2D eigenvalue weighted by Crippen LogP contribution is 2.44. The zero-order valence-electron chi connectivity index (χ0n) is 14.0. The van der Waals surface area contributed by atoms with Gasteiger partial charge in [0.1, 0.15) is 11.5 Å². The molecular weight excluding hydrogens is 322 g/mol. The molecule has 0 saturated carbocycles. The van der Waals surface area contributed by atoms with Gasteiger partial charge >= 0.3 is 0 Å². The average Bonchev–Trinajstić information content (AvgIpc) is 2.94. The Hall–Kier alpha value is -2.77. The molecule has 0 bridgehead atoms. The number of H-pyrrole nitrogens is 2. The second-order valence-corrected chi connectivity index (χ2v) is 6.85. The fraction of sp³-hybridized carbons (Fsp3) is 0.471. The third kappa shape index (κ3) is 2.57. The Balaban J connectivity index is 1.55. The maximum Gasteiger partial charge on any atom is 0.273 e. The molecule has 4 rings (SSSR count). The summed E-state index contributed by atoms with van der Waals surface area (Å²) in [6, 6.07) is 0. The van der Waals surface area contributed by atoms with E-state index in [0.29, 0.717) is 18.9 Å². The second-order valence-electron chi connectivity index (χ2n) is 6.85. The number of likely N-dealkylation sites (tertiary alicyclic amines) is 1. The number of nitrogens with zero attached hydrogens (tertiary/aromatic N) is 3. The summed E-state index contributed by atoms with van der Waals surface area (Å²) in [5.41, 5.74) is 1.49. The largest absolute Gasteiger partial charge is 0.337 e. The van der Waals surface area contributed by atoms with E-state index in [1.165, 1.54) is 6.20 Å². The first-order valence-corrected chi connectivity index (χ1v) is 8.43. The van der Waals surface area contributed by atoms with Crippen LogP contribution in [0.4, 0.5) is 0 Å². The molecule has 8 nitrogen and oxygen atoms in total. The van der Waals surface area contributed by atoms with Crippen LogP contribution in [0.5, 0.6) is 0 Å². The van der Waals surface area contributed by atoms with Crippen molar-refractivity contribution >= 4 is 5.91 Å². The maximum atomic E-state index is 12.5. The molecule has 130 valence electrons. The van der Waals surface area contributed by atoms with Gasteiger partial charge in [-0.15, -0.1) is 0 Å². The van der Waals surface area contributed by atoms with Crippen molar-refractivity contribution in [2.45, 2.75) is 38.0 Å². The molecule has 8 heteroatoms. The number of aryl methyl sites for hydroxylation is 1. The Morgan fingerprint density at radius 2 is 2.00 bits per heavy atom. The van der Waals surface area contributed by atoms with Gasteiger partial charge in [0.15, 0.2) is 0 Å². The van der Waals surface area contributed by atoms with E-state index in [1.807, 2.05) is 0 Å². The first-order chi connectivity index (χ1) is 12.0. The molecule has 1 aliphatic heterocycles. The number of piperidine rings is 1. The molecule has 2 aromatic heterocycles. The molecule has 0 radical (unpaired) electrons. The van der Waals surface area contributed by atoms with Crippen LogP contribution in [0.15, 0.2) is 22.0 Å². The fourth-order valence-electron chi connectivity index (χ4n) is 4.01. The molecular formula is C17H19N5O3. The van der Waals surface area contributed by atoms with E-state index in [2.05, 4.69) is 19.9 Å². The lowest BCUT2D eigenvalue weighted by molar-refractivity contribution is 0.0657. The number of rotatable bonds is 1. The van der Waals surface area contributed by atoms with E-state index in [-0.39, 0.29) is 28.1 Å². The Morgan fingerprint density at radius 3 is 2.68 bits per heavy atom. The van der Waals surface area contributed by atoms with E-state index in [1.54, 1.807) is 11.8 Å². The van der Waals surface area contributed by atoms with Crippen LogP contribution in [0, 0.1) is 6.92 Å². The van der Waals surface area contributed by atoms with Gasteiger partial charge in [-0.3, -0.25) is 14.4 Å². The second kappa shape index (κ2) is 5.65. The number of hydrogen-bond acceptors (Lipinski definition) is 5. The summed E-state index contributed by atoms with van der Waals surface area (Å²) in [5, 5.41) is 0. The summed E-state index contributed by atoms with van der Waals surface area (Å²) in [6.45, 7) is 2.98. The van der Waals surface area contributed by atoms with Crippen molar-refractivity contribution in [3.8, 4) is 0 Å².